The molecule has 0 rings (SSSR count). The summed E-state index contributed by atoms with van der Waals surface area (Å²) in [5, 5.41) is 2.66. The van der Waals surface area contributed by atoms with Crippen molar-refractivity contribution in [1.29, 1.82) is 0 Å². The lowest BCUT2D eigenvalue weighted by atomic mass is 10.1. The Kier molecular flexibility index (Phi) is 15.5. The van der Waals surface area contributed by atoms with Gasteiger partial charge in [-0.2, -0.15) is 0 Å². The fraction of sp³-hybridized carbons (Fsp3) is 0.941. The SMILES string of the molecule is CCCCCCCCCCCCCCNC(=O)[C@H](N)COP(=O)(O)O. The molecule has 0 unspecified atom stereocenters. The summed E-state index contributed by atoms with van der Waals surface area (Å²) in [6.45, 7) is 2.27. The van der Waals surface area contributed by atoms with Crippen molar-refractivity contribution in [2.24, 2.45) is 5.73 Å². The Morgan fingerprint density at radius 3 is 1.84 bits per heavy atom. The van der Waals surface area contributed by atoms with Gasteiger partial charge in [-0.15, -0.1) is 0 Å². The highest BCUT2D eigenvalue weighted by atomic mass is 31.2. The molecular formula is C17H37N2O5P. The van der Waals surface area contributed by atoms with E-state index in [2.05, 4.69) is 16.8 Å². The molecular weight excluding hydrogens is 343 g/mol. The quantitative estimate of drug-likeness (QED) is 0.227. The van der Waals surface area contributed by atoms with Crippen molar-refractivity contribution in [3.8, 4) is 0 Å². The zero-order chi connectivity index (χ0) is 19.0. The second-order valence-corrected chi connectivity index (χ2v) is 7.81. The van der Waals surface area contributed by atoms with Crippen molar-refractivity contribution in [3.63, 3.8) is 0 Å². The van der Waals surface area contributed by atoms with Crippen LogP contribution in [0.4, 0.5) is 0 Å². The Bertz CT molecular complexity index is 376. The Labute approximate surface area is 152 Å². The van der Waals surface area contributed by atoms with Crippen LogP contribution in [0.5, 0.6) is 0 Å². The van der Waals surface area contributed by atoms with E-state index in [1.54, 1.807) is 0 Å². The maximum Gasteiger partial charge on any atom is 0.469 e. The van der Waals surface area contributed by atoms with Gasteiger partial charge in [0.15, 0.2) is 0 Å². The predicted octanol–water partition coefficient (Wildman–Crippen LogP) is 3.24. The fourth-order valence-electron chi connectivity index (χ4n) is 2.56. The first-order valence-electron chi connectivity index (χ1n) is 9.60. The van der Waals surface area contributed by atoms with Crippen LogP contribution in [-0.4, -0.2) is 34.9 Å². The van der Waals surface area contributed by atoms with Gasteiger partial charge < -0.3 is 20.8 Å². The van der Waals surface area contributed by atoms with E-state index in [-0.39, 0.29) is 0 Å². The van der Waals surface area contributed by atoms with Gasteiger partial charge in [0.05, 0.1) is 6.61 Å². The van der Waals surface area contributed by atoms with Crippen molar-refractivity contribution in [2.45, 2.75) is 90.0 Å². The topological polar surface area (TPSA) is 122 Å². The number of carbonyl (C=O) groups excluding carboxylic acids is 1. The first-order chi connectivity index (χ1) is 11.9. The molecule has 5 N–H and O–H groups in total. The number of phosphoric acid groups is 1. The number of nitrogens with two attached hydrogens (primary N) is 1. The second-order valence-electron chi connectivity index (χ2n) is 6.57. The van der Waals surface area contributed by atoms with E-state index in [1.807, 2.05) is 0 Å². The van der Waals surface area contributed by atoms with Crippen LogP contribution in [-0.2, 0) is 13.9 Å². The van der Waals surface area contributed by atoms with Crippen LogP contribution in [0.15, 0.2) is 0 Å². The van der Waals surface area contributed by atoms with Gasteiger partial charge in [0.2, 0.25) is 5.91 Å². The van der Waals surface area contributed by atoms with Crippen molar-refractivity contribution in [3.05, 3.63) is 0 Å². The summed E-state index contributed by atoms with van der Waals surface area (Å²) >= 11 is 0. The van der Waals surface area contributed by atoms with Crippen LogP contribution in [0, 0.1) is 0 Å². The van der Waals surface area contributed by atoms with Gasteiger partial charge in [0.1, 0.15) is 6.04 Å². The summed E-state index contributed by atoms with van der Waals surface area (Å²) < 4.78 is 14.7. The van der Waals surface area contributed by atoms with Crippen molar-refractivity contribution in [2.75, 3.05) is 13.2 Å². The van der Waals surface area contributed by atoms with Gasteiger partial charge in [-0.05, 0) is 6.42 Å². The Morgan fingerprint density at radius 1 is 0.960 bits per heavy atom. The molecule has 0 aromatic rings. The predicted molar refractivity (Wildman–Crippen MR) is 100 cm³/mol. The molecule has 0 aliphatic heterocycles. The highest BCUT2D eigenvalue weighted by molar-refractivity contribution is 7.46. The number of hydrogen-bond donors (Lipinski definition) is 4. The zero-order valence-electron chi connectivity index (χ0n) is 15.6. The molecule has 25 heavy (non-hydrogen) atoms. The Balaban J connectivity index is 3.35. The van der Waals surface area contributed by atoms with Gasteiger partial charge in [-0.25, -0.2) is 4.57 Å². The number of carbonyl (C=O) groups is 1. The molecule has 0 heterocycles. The van der Waals surface area contributed by atoms with E-state index in [1.165, 1.54) is 64.2 Å². The summed E-state index contributed by atoms with van der Waals surface area (Å²) in [5.41, 5.74) is 5.49. The van der Waals surface area contributed by atoms with Crippen molar-refractivity contribution < 1.29 is 23.7 Å². The standard InChI is InChI=1S/C17H37N2O5P/c1-2-3-4-5-6-7-8-9-10-11-12-13-14-19-17(20)16(18)15-24-25(21,22)23/h16H,2-15,18H2,1H3,(H,19,20)(H2,21,22,23)/t16-/m1/s1. The molecule has 150 valence electrons. The summed E-state index contributed by atoms with van der Waals surface area (Å²) in [6.07, 6.45) is 15.0. The first-order valence-corrected chi connectivity index (χ1v) is 11.1. The van der Waals surface area contributed by atoms with Gasteiger partial charge in [-0.3, -0.25) is 9.32 Å². The number of amides is 1. The average molecular weight is 380 g/mol. The van der Waals surface area contributed by atoms with Crippen molar-refractivity contribution in [1.82, 2.24) is 5.32 Å². The number of phosphoric ester groups is 1. The zero-order valence-corrected chi connectivity index (χ0v) is 16.5. The molecule has 0 bridgehead atoms. The van der Waals surface area contributed by atoms with Crippen LogP contribution in [0.3, 0.4) is 0 Å². The number of unbranched alkanes of at least 4 members (excludes halogenated alkanes) is 11. The second kappa shape index (κ2) is 15.8. The third-order valence-corrected chi connectivity index (χ3v) is 4.57. The minimum absolute atomic E-state index is 0.448. The molecule has 0 aliphatic carbocycles. The molecule has 0 aromatic carbocycles. The molecule has 0 saturated carbocycles. The minimum Gasteiger partial charge on any atom is -0.355 e. The smallest absolute Gasteiger partial charge is 0.355 e. The Hall–Kier alpha value is -0.460. The normalized spacial score (nSPS) is 13.0. The molecule has 8 heteroatoms. The molecule has 0 aromatic heterocycles. The van der Waals surface area contributed by atoms with Crippen LogP contribution in [0.2, 0.25) is 0 Å². The maximum atomic E-state index is 11.6. The van der Waals surface area contributed by atoms with Gasteiger partial charge in [0, 0.05) is 6.54 Å². The molecule has 0 aliphatic rings. The van der Waals surface area contributed by atoms with Crippen molar-refractivity contribution >= 4 is 13.7 Å². The third kappa shape index (κ3) is 18.1. The monoisotopic (exact) mass is 380 g/mol. The van der Waals surface area contributed by atoms with Gasteiger partial charge in [0.25, 0.3) is 0 Å². The van der Waals surface area contributed by atoms with Crippen LogP contribution >= 0.6 is 7.82 Å². The van der Waals surface area contributed by atoms with Crippen LogP contribution in [0.1, 0.15) is 84.0 Å². The molecule has 1 amide bonds. The van der Waals surface area contributed by atoms with Crippen LogP contribution in [0.25, 0.3) is 0 Å². The van der Waals surface area contributed by atoms with Gasteiger partial charge >= 0.3 is 7.82 Å². The lowest BCUT2D eigenvalue weighted by molar-refractivity contribution is -0.123. The van der Waals surface area contributed by atoms with E-state index in [0.717, 1.165) is 12.8 Å². The number of nitrogens with one attached hydrogen (secondary N) is 1. The van der Waals surface area contributed by atoms with Crippen LogP contribution < -0.4 is 11.1 Å². The highest BCUT2D eigenvalue weighted by Gasteiger charge is 2.20. The molecule has 7 nitrogen and oxygen atoms in total. The third-order valence-electron chi connectivity index (χ3n) is 4.09. The van der Waals surface area contributed by atoms with E-state index in [9.17, 15) is 9.36 Å². The van der Waals surface area contributed by atoms with E-state index in [4.69, 9.17) is 15.5 Å². The molecule has 0 radical (unpaired) electrons. The fourth-order valence-corrected chi connectivity index (χ4v) is 2.92. The molecule has 1 atom stereocenters. The maximum absolute atomic E-state index is 11.6. The largest absolute Gasteiger partial charge is 0.469 e. The molecule has 0 spiro atoms. The van der Waals surface area contributed by atoms with E-state index < -0.39 is 26.4 Å². The summed E-state index contributed by atoms with van der Waals surface area (Å²) in [4.78, 5) is 28.7. The average Bonchev–Trinajstić information content (AvgIpc) is 2.56. The van der Waals surface area contributed by atoms with E-state index >= 15 is 0 Å². The molecule has 0 fully saturated rings. The van der Waals surface area contributed by atoms with Gasteiger partial charge in [-0.1, -0.05) is 77.6 Å². The van der Waals surface area contributed by atoms with E-state index in [0.29, 0.717) is 6.54 Å². The first kappa shape index (κ1) is 24.5. The summed E-state index contributed by atoms with van der Waals surface area (Å²) in [7, 11) is -4.58. The highest BCUT2D eigenvalue weighted by Crippen LogP contribution is 2.35. The summed E-state index contributed by atoms with van der Waals surface area (Å²) in [6, 6.07) is -1.06. The lowest BCUT2D eigenvalue weighted by Gasteiger charge is -2.12. The minimum atomic E-state index is -4.58. The number of rotatable bonds is 17. The summed E-state index contributed by atoms with van der Waals surface area (Å²) in [5.74, 6) is -0.448. The lowest BCUT2D eigenvalue weighted by Crippen LogP contribution is -2.43. The number of hydrogen-bond acceptors (Lipinski definition) is 4. The molecule has 0 saturated heterocycles. The Morgan fingerprint density at radius 2 is 1.40 bits per heavy atom.